The third kappa shape index (κ3) is 5.48. The maximum atomic E-state index is 12.5. The van der Waals surface area contributed by atoms with Crippen molar-refractivity contribution in [1.82, 2.24) is 19.9 Å². The zero-order valence-electron chi connectivity index (χ0n) is 17.8. The fraction of sp³-hybridized carbons (Fsp3) is 0.304. The summed E-state index contributed by atoms with van der Waals surface area (Å²) in [7, 11) is 0. The van der Waals surface area contributed by atoms with Crippen molar-refractivity contribution < 1.29 is 9.53 Å². The lowest BCUT2D eigenvalue weighted by molar-refractivity contribution is -0.133. The van der Waals surface area contributed by atoms with Crippen LogP contribution < -0.4 is 15.0 Å². The minimum absolute atomic E-state index is 0.00390. The van der Waals surface area contributed by atoms with Gasteiger partial charge in [0.1, 0.15) is 29.5 Å². The number of rotatable bonds is 6. The van der Waals surface area contributed by atoms with Crippen LogP contribution in [0.25, 0.3) is 0 Å². The lowest BCUT2D eigenvalue weighted by atomic mass is 10.2. The molecule has 1 aliphatic heterocycles. The molecule has 160 valence electrons. The molecule has 4 rings (SSSR count). The number of aromatic nitrogens is 3. The topological polar surface area (TPSA) is 83.5 Å². The Bertz CT molecular complexity index is 1030. The Morgan fingerprint density at radius 1 is 0.935 bits per heavy atom. The van der Waals surface area contributed by atoms with E-state index in [4.69, 9.17) is 4.74 Å². The van der Waals surface area contributed by atoms with Crippen molar-refractivity contribution in [3.8, 4) is 5.75 Å². The van der Waals surface area contributed by atoms with Gasteiger partial charge >= 0.3 is 0 Å². The Kier molecular flexibility index (Phi) is 6.26. The van der Waals surface area contributed by atoms with Gasteiger partial charge in [-0.1, -0.05) is 17.7 Å². The molecule has 0 spiro atoms. The van der Waals surface area contributed by atoms with Crippen LogP contribution in [-0.4, -0.2) is 58.5 Å². The molecule has 1 fully saturated rings. The quantitative estimate of drug-likeness (QED) is 0.659. The molecule has 0 radical (unpaired) electrons. The van der Waals surface area contributed by atoms with Gasteiger partial charge in [-0.25, -0.2) is 15.0 Å². The standard InChI is InChI=1S/C23H26N6O2/c1-17-3-5-19(6-4-17)31-15-23(30)29-11-9-28(10-12-29)22-14-21(25-16-26-22)27-20-13-18(2)7-8-24-20/h3-8,13-14,16H,9-12,15H2,1-2H3,(H,24,25,26,27). The van der Waals surface area contributed by atoms with E-state index in [1.165, 1.54) is 0 Å². The number of ether oxygens (including phenoxy) is 1. The average Bonchev–Trinajstić information content (AvgIpc) is 2.79. The van der Waals surface area contributed by atoms with Crippen LogP contribution in [0.5, 0.6) is 5.75 Å². The Balaban J connectivity index is 1.30. The number of aryl methyl sites for hydroxylation is 2. The highest BCUT2D eigenvalue weighted by atomic mass is 16.5. The molecule has 8 heteroatoms. The number of nitrogens with one attached hydrogen (secondary N) is 1. The Hall–Kier alpha value is -3.68. The van der Waals surface area contributed by atoms with Crippen molar-refractivity contribution >= 4 is 23.4 Å². The largest absolute Gasteiger partial charge is 0.484 e. The number of carbonyl (C=O) groups is 1. The smallest absolute Gasteiger partial charge is 0.260 e. The molecule has 1 aliphatic rings. The number of pyridine rings is 1. The van der Waals surface area contributed by atoms with Crippen molar-refractivity contribution in [3.63, 3.8) is 0 Å². The molecule has 0 aliphatic carbocycles. The number of hydrogen-bond donors (Lipinski definition) is 1. The van der Waals surface area contributed by atoms with E-state index in [2.05, 4.69) is 25.2 Å². The monoisotopic (exact) mass is 418 g/mol. The Labute approximate surface area is 181 Å². The van der Waals surface area contributed by atoms with Crippen LogP contribution >= 0.6 is 0 Å². The lowest BCUT2D eigenvalue weighted by Crippen LogP contribution is -2.50. The third-order valence-electron chi connectivity index (χ3n) is 5.16. The molecule has 0 atom stereocenters. The van der Waals surface area contributed by atoms with Crippen LogP contribution in [0.15, 0.2) is 55.0 Å². The summed E-state index contributed by atoms with van der Waals surface area (Å²) in [5, 5.41) is 3.22. The number of amides is 1. The second kappa shape index (κ2) is 9.42. The summed E-state index contributed by atoms with van der Waals surface area (Å²) in [6, 6.07) is 13.5. The van der Waals surface area contributed by atoms with Crippen LogP contribution in [-0.2, 0) is 4.79 Å². The average molecular weight is 419 g/mol. The second-order valence-corrected chi connectivity index (χ2v) is 7.57. The SMILES string of the molecule is Cc1ccc(OCC(=O)N2CCN(c3cc(Nc4cc(C)ccn4)ncn3)CC2)cc1. The van der Waals surface area contributed by atoms with Gasteiger partial charge in [-0.3, -0.25) is 4.79 Å². The molecule has 0 saturated carbocycles. The lowest BCUT2D eigenvalue weighted by Gasteiger charge is -2.35. The number of nitrogens with zero attached hydrogens (tertiary/aromatic N) is 5. The second-order valence-electron chi connectivity index (χ2n) is 7.57. The van der Waals surface area contributed by atoms with Crippen molar-refractivity contribution in [3.05, 3.63) is 66.1 Å². The molecule has 8 nitrogen and oxygen atoms in total. The van der Waals surface area contributed by atoms with E-state index in [1.807, 2.05) is 61.2 Å². The fourth-order valence-corrected chi connectivity index (χ4v) is 3.38. The van der Waals surface area contributed by atoms with Crippen LogP contribution in [0.4, 0.5) is 17.5 Å². The van der Waals surface area contributed by atoms with E-state index >= 15 is 0 Å². The number of benzene rings is 1. The predicted molar refractivity (Wildman–Crippen MR) is 120 cm³/mol. The fourth-order valence-electron chi connectivity index (χ4n) is 3.38. The molecule has 0 unspecified atom stereocenters. The summed E-state index contributed by atoms with van der Waals surface area (Å²) in [6.45, 7) is 6.75. The zero-order chi connectivity index (χ0) is 21.6. The van der Waals surface area contributed by atoms with E-state index in [-0.39, 0.29) is 12.5 Å². The zero-order valence-corrected chi connectivity index (χ0v) is 17.8. The van der Waals surface area contributed by atoms with E-state index < -0.39 is 0 Å². The first-order valence-electron chi connectivity index (χ1n) is 10.3. The minimum atomic E-state index is -0.00390. The first-order valence-corrected chi connectivity index (χ1v) is 10.3. The predicted octanol–water partition coefficient (Wildman–Crippen LogP) is 2.96. The summed E-state index contributed by atoms with van der Waals surface area (Å²) in [5.74, 6) is 2.97. The molecule has 3 heterocycles. The Morgan fingerprint density at radius 2 is 1.68 bits per heavy atom. The van der Waals surface area contributed by atoms with Crippen molar-refractivity contribution in [1.29, 1.82) is 0 Å². The first-order chi connectivity index (χ1) is 15.1. The van der Waals surface area contributed by atoms with Gasteiger partial charge in [0.2, 0.25) is 0 Å². The summed E-state index contributed by atoms with van der Waals surface area (Å²) in [5.41, 5.74) is 2.28. The van der Waals surface area contributed by atoms with Crippen LogP contribution in [0.1, 0.15) is 11.1 Å². The Morgan fingerprint density at radius 3 is 2.42 bits per heavy atom. The van der Waals surface area contributed by atoms with E-state index in [1.54, 1.807) is 12.5 Å². The summed E-state index contributed by atoms with van der Waals surface area (Å²) in [6.07, 6.45) is 3.30. The van der Waals surface area contributed by atoms with Crippen LogP contribution in [0.3, 0.4) is 0 Å². The summed E-state index contributed by atoms with van der Waals surface area (Å²) in [4.78, 5) is 29.5. The number of hydrogen-bond acceptors (Lipinski definition) is 7. The van der Waals surface area contributed by atoms with E-state index in [0.29, 0.717) is 37.7 Å². The first kappa shape index (κ1) is 20.6. The van der Waals surface area contributed by atoms with E-state index in [9.17, 15) is 4.79 Å². The van der Waals surface area contributed by atoms with Gasteiger partial charge in [-0.15, -0.1) is 0 Å². The summed E-state index contributed by atoms with van der Waals surface area (Å²) < 4.78 is 5.63. The number of anilines is 3. The third-order valence-corrected chi connectivity index (χ3v) is 5.16. The summed E-state index contributed by atoms with van der Waals surface area (Å²) >= 11 is 0. The van der Waals surface area contributed by atoms with Gasteiger partial charge in [0.15, 0.2) is 6.61 Å². The molecule has 1 amide bonds. The molecule has 1 aromatic carbocycles. The molecule has 1 saturated heterocycles. The highest BCUT2D eigenvalue weighted by Crippen LogP contribution is 2.19. The van der Waals surface area contributed by atoms with Gasteiger partial charge < -0.3 is 19.9 Å². The molecular formula is C23H26N6O2. The number of carbonyl (C=O) groups excluding carboxylic acids is 1. The highest BCUT2D eigenvalue weighted by Gasteiger charge is 2.22. The number of piperazine rings is 1. The highest BCUT2D eigenvalue weighted by molar-refractivity contribution is 5.78. The van der Waals surface area contributed by atoms with Crippen molar-refractivity contribution in [2.75, 3.05) is 43.0 Å². The van der Waals surface area contributed by atoms with Crippen molar-refractivity contribution in [2.45, 2.75) is 13.8 Å². The molecule has 3 aromatic rings. The van der Waals surface area contributed by atoms with Crippen LogP contribution in [0.2, 0.25) is 0 Å². The molecule has 0 bridgehead atoms. The van der Waals surface area contributed by atoms with Crippen LogP contribution in [0, 0.1) is 13.8 Å². The molecular weight excluding hydrogens is 392 g/mol. The maximum absolute atomic E-state index is 12.5. The normalized spacial score (nSPS) is 13.7. The van der Waals surface area contributed by atoms with Gasteiger partial charge in [0.25, 0.3) is 5.91 Å². The maximum Gasteiger partial charge on any atom is 0.260 e. The van der Waals surface area contributed by atoms with Gasteiger partial charge in [0.05, 0.1) is 0 Å². The van der Waals surface area contributed by atoms with Gasteiger partial charge in [-0.2, -0.15) is 0 Å². The molecule has 1 N–H and O–H groups in total. The molecule has 2 aromatic heterocycles. The van der Waals surface area contributed by atoms with Gasteiger partial charge in [0, 0.05) is 38.4 Å². The van der Waals surface area contributed by atoms with E-state index in [0.717, 1.165) is 22.8 Å². The van der Waals surface area contributed by atoms with Gasteiger partial charge in [-0.05, 0) is 43.7 Å². The van der Waals surface area contributed by atoms with Crippen molar-refractivity contribution in [2.24, 2.45) is 0 Å². The molecule has 31 heavy (non-hydrogen) atoms. The minimum Gasteiger partial charge on any atom is -0.484 e.